The number of non-ortho nitro benzene ring substituents is 1. The molecule has 0 saturated carbocycles. The van der Waals surface area contributed by atoms with E-state index >= 15 is 0 Å². The molecule has 2 N–H and O–H groups in total. The molecule has 0 aliphatic rings. The second-order valence-electron chi connectivity index (χ2n) is 4.22. The first-order valence-electron chi connectivity index (χ1n) is 5.97. The van der Waals surface area contributed by atoms with E-state index in [1.807, 2.05) is 0 Å². The van der Waals surface area contributed by atoms with Gasteiger partial charge in [0.2, 0.25) is 0 Å². The molecule has 0 fully saturated rings. The first-order chi connectivity index (χ1) is 10.4. The summed E-state index contributed by atoms with van der Waals surface area (Å²) in [5.74, 6) is 0. The van der Waals surface area contributed by atoms with E-state index in [0.29, 0.717) is 11.3 Å². The van der Waals surface area contributed by atoms with Crippen molar-refractivity contribution in [2.24, 2.45) is 5.10 Å². The van der Waals surface area contributed by atoms with E-state index in [0.717, 1.165) is 0 Å². The molecule has 2 rings (SSSR count). The van der Waals surface area contributed by atoms with Gasteiger partial charge in [-0.15, -0.1) is 0 Å². The number of anilines is 1. The Morgan fingerprint density at radius 3 is 2.39 bits per heavy atom. The van der Waals surface area contributed by atoms with Gasteiger partial charge in [-0.1, -0.05) is 12.1 Å². The molecule has 0 bridgehead atoms. The molecule has 0 saturated heterocycles. The van der Waals surface area contributed by atoms with Crippen molar-refractivity contribution < 1.29 is 17.9 Å². The molecule has 10 heteroatoms. The minimum atomic E-state index is -4.23. The van der Waals surface area contributed by atoms with Crippen LogP contribution in [-0.2, 0) is 10.1 Å². The van der Waals surface area contributed by atoms with Crippen molar-refractivity contribution in [3.63, 3.8) is 0 Å². The van der Waals surface area contributed by atoms with E-state index < -0.39 is 15.0 Å². The number of benzene rings is 2. The van der Waals surface area contributed by atoms with Crippen molar-refractivity contribution in [3.8, 4) is 0 Å². The number of nitro groups is 1. The number of rotatable bonds is 5. The fourth-order valence-corrected chi connectivity index (χ4v) is 2.08. The van der Waals surface area contributed by atoms with Crippen LogP contribution in [0.4, 0.5) is 11.4 Å². The molecule has 0 aliphatic carbocycles. The quantitative estimate of drug-likeness (QED) is 0.281. The van der Waals surface area contributed by atoms with E-state index in [9.17, 15) is 18.5 Å². The van der Waals surface area contributed by atoms with Gasteiger partial charge in [-0.05, 0) is 24.3 Å². The zero-order chi connectivity index (χ0) is 16.2. The predicted molar refractivity (Wildman–Crippen MR) is 86.3 cm³/mol. The Kier molecular flexibility index (Phi) is 6.85. The van der Waals surface area contributed by atoms with Gasteiger partial charge in [-0.3, -0.25) is 20.1 Å². The second-order valence-corrected chi connectivity index (χ2v) is 5.64. The summed E-state index contributed by atoms with van der Waals surface area (Å²) >= 11 is 0. The van der Waals surface area contributed by atoms with Crippen LogP contribution in [0.2, 0.25) is 0 Å². The summed E-state index contributed by atoms with van der Waals surface area (Å²) in [7, 11) is -4.23. The molecular weight excluding hydrogens is 333 g/mol. The molecule has 0 aliphatic heterocycles. The third-order valence-corrected chi connectivity index (χ3v) is 3.51. The Labute approximate surface area is 154 Å². The Morgan fingerprint density at radius 1 is 1.17 bits per heavy atom. The van der Waals surface area contributed by atoms with Gasteiger partial charge in [-0.25, -0.2) is 0 Å². The molecule has 1 radical (unpaired) electrons. The summed E-state index contributed by atoms with van der Waals surface area (Å²) < 4.78 is 30.6. The van der Waals surface area contributed by atoms with E-state index in [-0.39, 0.29) is 40.1 Å². The third-order valence-electron chi connectivity index (χ3n) is 2.64. The van der Waals surface area contributed by atoms with Crippen LogP contribution in [-0.4, -0.2) is 53.7 Å². The maximum absolute atomic E-state index is 10.9. The summed E-state index contributed by atoms with van der Waals surface area (Å²) in [5.41, 5.74) is 3.64. The van der Waals surface area contributed by atoms with Crippen molar-refractivity contribution in [2.45, 2.75) is 4.90 Å². The maximum atomic E-state index is 10.9. The van der Waals surface area contributed by atoms with Crippen molar-refractivity contribution in [3.05, 3.63) is 64.2 Å². The Morgan fingerprint density at radius 2 is 1.83 bits per heavy atom. The second kappa shape index (κ2) is 8.18. The van der Waals surface area contributed by atoms with Crippen LogP contribution < -0.4 is 5.43 Å². The number of hydrogen-bond acceptors (Lipinski definition) is 6. The van der Waals surface area contributed by atoms with Crippen LogP contribution in [0.3, 0.4) is 0 Å². The summed E-state index contributed by atoms with van der Waals surface area (Å²) in [5, 5.41) is 14.5. The molecular formula is C13H11N3NaO5S. The standard InChI is InChI=1S/C13H11N3O5S.Na/c17-16(18)12-3-1-2-10(8-12)9-14-15-11-4-6-13(7-5-11)22(19,20)21;/h1-9,15H,(H,19,20,21);. The average molecular weight is 344 g/mol. The molecule has 23 heavy (non-hydrogen) atoms. The fraction of sp³-hybridized carbons (Fsp3) is 0. The van der Waals surface area contributed by atoms with E-state index in [1.54, 1.807) is 12.1 Å². The predicted octanol–water partition coefficient (Wildman–Crippen LogP) is 1.91. The van der Waals surface area contributed by atoms with Gasteiger partial charge >= 0.3 is 0 Å². The van der Waals surface area contributed by atoms with Gasteiger partial charge in [0.15, 0.2) is 0 Å². The van der Waals surface area contributed by atoms with Gasteiger partial charge in [0.25, 0.3) is 15.8 Å². The van der Waals surface area contributed by atoms with Gasteiger partial charge in [-0.2, -0.15) is 13.5 Å². The minimum Gasteiger partial charge on any atom is -0.282 e. The van der Waals surface area contributed by atoms with Crippen LogP contribution in [0, 0.1) is 10.1 Å². The van der Waals surface area contributed by atoms with Crippen LogP contribution in [0.25, 0.3) is 0 Å². The summed E-state index contributed by atoms with van der Waals surface area (Å²) in [6.45, 7) is 0. The van der Waals surface area contributed by atoms with Gasteiger partial charge < -0.3 is 0 Å². The number of hydrogen-bond donors (Lipinski definition) is 2. The topological polar surface area (TPSA) is 122 Å². The van der Waals surface area contributed by atoms with Crippen molar-refractivity contribution in [1.82, 2.24) is 0 Å². The first kappa shape index (κ1) is 19.3. The van der Waals surface area contributed by atoms with Crippen molar-refractivity contribution in [1.29, 1.82) is 0 Å². The molecule has 0 spiro atoms. The van der Waals surface area contributed by atoms with Gasteiger partial charge in [0, 0.05) is 47.3 Å². The molecule has 0 atom stereocenters. The Hall–Kier alpha value is -1.78. The molecule has 0 amide bonds. The molecule has 115 valence electrons. The zero-order valence-corrected chi connectivity index (χ0v) is 14.9. The van der Waals surface area contributed by atoms with E-state index in [4.69, 9.17) is 4.55 Å². The first-order valence-corrected chi connectivity index (χ1v) is 7.41. The molecule has 0 aromatic heterocycles. The Balaban J connectivity index is 0.00000264. The summed E-state index contributed by atoms with van der Waals surface area (Å²) in [6, 6.07) is 11.2. The van der Waals surface area contributed by atoms with Crippen molar-refractivity contribution in [2.75, 3.05) is 5.43 Å². The summed E-state index contributed by atoms with van der Waals surface area (Å²) in [6.07, 6.45) is 1.39. The number of nitro benzene ring substituents is 1. The van der Waals surface area contributed by atoms with Crippen LogP contribution >= 0.6 is 0 Å². The zero-order valence-electron chi connectivity index (χ0n) is 12.1. The van der Waals surface area contributed by atoms with Crippen molar-refractivity contribution >= 4 is 57.3 Å². The van der Waals surface area contributed by atoms with Crippen LogP contribution in [0.1, 0.15) is 5.56 Å². The fourth-order valence-electron chi connectivity index (χ4n) is 1.60. The maximum Gasteiger partial charge on any atom is 0.294 e. The number of nitrogens with zero attached hydrogens (tertiary/aromatic N) is 2. The van der Waals surface area contributed by atoms with Crippen LogP contribution in [0.5, 0.6) is 0 Å². The smallest absolute Gasteiger partial charge is 0.282 e. The van der Waals surface area contributed by atoms with Gasteiger partial charge in [0.1, 0.15) is 0 Å². The van der Waals surface area contributed by atoms with Crippen LogP contribution in [0.15, 0.2) is 58.5 Å². The molecule has 0 unspecified atom stereocenters. The summed E-state index contributed by atoms with van der Waals surface area (Å²) in [4.78, 5) is 9.91. The third kappa shape index (κ3) is 5.73. The molecule has 8 nitrogen and oxygen atoms in total. The minimum absolute atomic E-state index is 0. The molecule has 2 aromatic rings. The molecule has 2 aromatic carbocycles. The number of hydrazone groups is 1. The normalized spacial score (nSPS) is 11.0. The Bertz CT molecular complexity index is 822. The molecule has 0 heterocycles. The van der Waals surface area contributed by atoms with Gasteiger partial charge in [0.05, 0.1) is 21.7 Å². The van der Waals surface area contributed by atoms with E-state index in [1.165, 1.54) is 42.6 Å². The number of nitrogens with one attached hydrogen (secondary N) is 1. The monoisotopic (exact) mass is 344 g/mol. The van der Waals surface area contributed by atoms with E-state index in [2.05, 4.69) is 10.5 Å². The largest absolute Gasteiger partial charge is 0.294 e. The average Bonchev–Trinajstić information content (AvgIpc) is 2.47. The SMILES string of the molecule is O=[N+]([O-])c1cccc(C=NNc2ccc(S(=O)(=O)O)cc2)c1.[Na].